The highest BCUT2D eigenvalue weighted by Crippen LogP contribution is 2.32. The first kappa shape index (κ1) is 10.9. The van der Waals surface area contributed by atoms with Gasteiger partial charge in [-0.2, -0.15) is 0 Å². The zero-order chi connectivity index (χ0) is 11.5. The molecule has 16 heavy (non-hydrogen) atoms. The molecule has 2 aromatic carbocycles. The number of hydrogen-bond donors (Lipinski definition) is 3. The molecule has 0 spiro atoms. The van der Waals surface area contributed by atoms with E-state index in [1.807, 2.05) is 36.4 Å². The van der Waals surface area contributed by atoms with E-state index < -0.39 is 0 Å². The van der Waals surface area contributed by atoms with Crippen LogP contribution in [0, 0.1) is 0 Å². The van der Waals surface area contributed by atoms with Gasteiger partial charge in [-0.1, -0.05) is 36.4 Å². The number of nitrogens with two attached hydrogens (primary N) is 1. The number of aliphatic hydroxyl groups is 1. The third-order valence-corrected chi connectivity index (χ3v) is 2.77. The molecule has 0 saturated heterocycles. The van der Waals surface area contributed by atoms with Crippen LogP contribution in [0.3, 0.4) is 0 Å². The van der Waals surface area contributed by atoms with E-state index in [1.54, 1.807) is 0 Å². The number of rotatable bonds is 3. The average molecular weight is 217 g/mol. The summed E-state index contributed by atoms with van der Waals surface area (Å²) in [6, 6.07) is 11.0. The van der Waals surface area contributed by atoms with Crippen LogP contribution >= 0.6 is 0 Å². The van der Waals surface area contributed by atoms with Gasteiger partial charge in [0.05, 0.1) is 0 Å². The van der Waals surface area contributed by atoms with Crippen molar-refractivity contribution in [3.63, 3.8) is 0 Å². The Morgan fingerprint density at radius 2 is 1.88 bits per heavy atom. The normalized spacial score (nSPS) is 12.9. The Hall–Kier alpha value is -1.58. The van der Waals surface area contributed by atoms with Crippen molar-refractivity contribution >= 4 is 10.8 Å². The SMILES string of the molecule is NC(CCO)c1ccc2ccccc2c1O. The lowest BCUT2D eigenvalue weighted by Gasteiger charge is -2.13. The molecule has 0 saturated carbocycles. The molecule has 0 fully saturated rings. The van der Waals surface area contributed by atoms with Gasteiger partial charge in [0.15, 0.2) is 0 Å². The monoisotopic (exact) mass is 217 g/mol. The number of fused-ring (bicyclic) bond motifs is 1. The molecule has 0 aliphatic heterocycles. The molecular weight excluding hydrogens is 202 g/mol. The molecule has 2 rings (SSSR count). The van der Waals surface area contributed by atoms with Gasteiger partial charge in [-0.05, 0) is 11.8 Å². The predicted molar refractivity (Wildman–Crippen MR) is 64.2 cm³/mol. The van der Waals surface area contributed by atoms with Crippen LogP contribution in [0.4, 0.5) is 0 Å². The van der Waals surface area contributed by atoms with Gasteiger partial charge in [0.2, 0.25) is 0 Å². The van der Waals surface area contributed by atoms with Crippen LogP contribution in [-0.4, -0.2) is 16.8 Å². The molecule has 4 N–H and O–H groups in total. The molecule has 84 valence electrons. The maximum atomic E-state index is 10.1. The highest BCUT2D eigenvalue weighted by Gasteiger charge is 2.12. The molecule has 1 unspecified atom stereocenters. The summed E-state index contributed by atoms with van der Waals surface area (Å²) in [5.74, 6) is 0.221. The molecule has 3 nitrogen and oxygen atoms in total. The van der Waals surface area contributed by atoms with Crippen LogP contribution in [0.5, 0.6) is 5.75 Å². The Balaban J connectivity index is 2.52. The summed E-state index contributed by atoms with van der Waals surface area (Å²) in [4.78, 5) is 0. The van der Waals surface area contributed by atoms with Crippen molar-refractivity contribution in [2.24, 2.45) is 5.73 Å². The first-order valence-corrected chi connectivity index (χ1v) is 5.31. The van der Waals surface area contributed by atoms with Crippen molar-refractivity contribution in [1.29, 1.82) is 0 Å². The number of phenols is 1. The van der Waals surface area contributed by atoms with E-state index in [1.165, 1.54) is 0 Å². The quantitative estimate of drug-likeness (QED) is 0.736. The Bertz CT molecular complexity index is 496. The maximum Gasteiger partial charge on any atom is 0.128 e. The zero-order valence-corrected chi connectivity index (χ0v) is 8.93. The van der Waals surface area contributed by atoms with Crippen LogP contribution in [0.2, 0.25) is 0 Å². The summed E-state index contributed by atoms with van der Waals surface area (Å²) in [6.07, 6.45) is 0.450. The van der Waals surface area contributed by atoms with Crippen LogP contribution in [0.25, 0.3) is 10.8 Å². The van der Waals surface area contributed by atoms with Gasteiger partial charge < -0.3 is 15.9 Å². The molecule has 0 bridgehead atoms. The molecule has 0 aliphatic rings. The van der Waals surface area contributed by atoms with E-state index >= 15 is 0 Å². The number of phenolic OH excluding ortho intramolecular Hbond substituents is 1. The lowest BCUT2D eigenvalue weighted by molar-refractivity contribution is 0.275. The minimum Gasteiger partial charge on any atom is -0.507 e. The number of aromatic hydroxyl groups is 1. The second-order valence-corrected chi connectivity index (χ2v) is 3.84. The van der Waals surface area contributed by atoms with Crippen molar-refractivity contribution in [3.05, 3.63) is 42.0 Å². The minimum absolute atomic E-state index is 0.0213. The smallest absolute Gasteiger partial charge is 0.128 e. The van der Waals surface area contributed by atoms with Crippen molar-refractivity contribution in [1.82, 2.24) is 0 Å². The summed E-state index contributed by atoms with van der Waals surface area (Å²) < 4.78 is 0. The van der Waals surface area contributed by atoms with Gasteiger partial charge in [0, 0.05) is 23.6 Å². The summed E-state index contributed by atoms with van der Waals surface area (Å²) >= 11 is 0. The second-order valence-electron chi connectivity index (χ2n) is 3.84. The Kier molecular flexibility index (Phi) is 3.08. The Morgan fingerprint density at radius 3 is 2.62 bits per heavy atom. The molecule has 2 aromatic rings. The van der Waals surface area contributed by atoms with Crippen LogP contribution in [0.15, 0.2) is 36.4 Å². The summed E-state index contributed by atoms with van der Waals surface area (Å²) in [7, 11) is 0. The van der Waals surface area contributed by atoms with E-state index in [4.69, 9.17) is 10.8 Å². The van der Waals surface area contributed by atoms with Crippen molar-refractivity contribution in [3.8, 4) is 5.75 Å². The van der Waals surface area contributed by atoms with Gasteiger partial charge in [0.1, 0.15) is 5.75 Å². The second kappa shape index (κ2) is 4.51. The molecule has 0 aromatic heterocycles. The van der Waals surface area contributed by atoms with Crippen molar-refractivity contribution in [2.45, 2.75) is 12.5 Å². The van der Waals surface area contributed by atoms with Crippen molar-refractivity contribution < 1.29 is 10.2 Å². The van der Waals surface area contributed by atoms with E-state index in [2.05, 4.69) is 0 Å². The topological polar surface area (TPSA) is 66.5 Å². The highest BCUT2D eigenvalue weighted by molar-refractivity contribution is 5.89. The van der Waals surface area contributed by atoms with Gasteiger partial charge in [-0.25, -0.2) is 0 Å². The Labute approximate surface area is 94.1 Å². The van der Waals surface area contributed by atoms with Gasteiger partial charge in [0.25, 0.3) is 0 Å². The molecule has 1 atom stereocenters. The fourth-order valence-corrected chi connectivity index (χ4v) is 1.87. The minimum atomic E-state index is -0.324. The first-order chi connectivity index (χ1) is 7.74. The molecular formula is C13H15NO2. The van der Waals surface area contributed by atoms with E-state index in [0.717, 1.165) is 10.8 Å². The third-order valence-electron chi connectivity index (χ3n) is 2.77. The molecule has 0 radical (unpaired) electrons. The number of hydrogen-bond acceptors (Lipinski definition) is 3. The van der Waals surface area contributed by atoms with Crippen LogP contribution in [-0.2, 0) is 0 Å². The van der Waals surface area contributed by atoms with Crippen LogP contribution in [0.1, 0.15) is 18.0 Å². The lowest BCUT2D eigenvalue weighted by Crippen LogP contribution is -2.12. The average Bonchev–Trinajstić information content (AvgIpc) is 2.30. The van der Waals surface area contributed by atoms with Gasteiger partial charge in [-0.15, -0.1) is 0 Å². The highest BCUT2D eigenvalue weighted by atomic mass is 16.3. The number of benzene rings is 2. The first-order valence-electron chi connectivity index (χ1n) is 5.31. The summed E-state index contributed by atoms with van der Waals surface area (Å²) in [5, 5.41) is 20.7. The lowest BCUT2D eigenvalue weighted by atomic mass is 9.99. The molecule has 0 aliphatic carbocycles. The van der Waals surface area contributed by atoms with Crippen LogP contribution < -0.4 is 5.73 Å². The van der Waals surface area contributed by atoms with E-state index in [0.29, 0.717) is 12.0 Å². The van der Waals surface area contributed by atoms with Gasteiger partial charge >= 0.3 is 0 Å². The Morgan fingerprint density at radius 1 is 1.12 bits per heavy atom. The summed E-state index contributed by atoms with van der Waals surface area (Å²) in [6.45, 7) is 0.0213. The largest absolute Gasteiger partial charge is 0.507 e. The summed E-state index contributed by atoms with van der Waals surface area (Å²) in [5.41, 5.74) is 6.57. The van der Waals surface area contributed by atoms with Gasteiger partial charge in [-0.3, -0.25) is 0 Å². The van der Waals surface area contributed by atoms with E-state index in [-0.39, 0.29) is 18.4 Å². The predicted octanol–water partition coefficient (Wildman–Crippen LogP) is 1.93. The standard InChI is InChI=1S/C13H15NO2/c14-12(7-8-15)11-6-5-9-3-1-2-4-10(9)13(11)16/h1-6,12,15-16H,7-8,14H2. The van der Waals surface area contributed by atoms with E-state index in [9.17, 15) is 5.11 Å². The third kappa shape index (κ3) is 1.87. The fraction of sp³-hybridized carbons (Fsp3) is 0.231. The number of aliphatic hydroxyl groups excluding tert-OH is 1. The van der Waals surface area contributed by atoms with Crippen molar-refractivity contribution in [2.75, 3.05) is 6.61 Å². The maximum absolute atomic E-state index is 10.1. The molecule has 3 heteroatoms. The zero-order valence-electron chi connectivity index (χ0n) is 8.93. The fourth-order valence-electron chi connectivity index (χ4n) is 1.87. The molecule has 0 heterocycles. The molecule has 0 amide bonds.